The van der Waals surface area contributed by atoms with E-state index in [1.807, 2.05) is 4.90 Å². The van der Waals surface area contributed by atoms with Crippen LogP contribution in [0.3, 0.4) is 0 Å². The van der Waals surface area contributed by atoms with Crippen LogP contribution in [0.15, 0.2) is 0 Å². The fraction of sp³-hybridized carbons (Fsp3) is 0.833. The lowest BCUT2D eigenvalue weighted by Crippen LogP contribution is -2.34. The third kappa shape index (κ3) is 1.56. The van der Waals surface area contributed by atoms with E-state index in [1.54, 1.807) is 0 Å². The van der Waals surface area contributed by atoms with Gasteiger partial charge in [-0.3, -0.25) is 5.41 Å². The van der Waals surface area contributed by atoms with Gasteiger partial charge in [0.2, 0.25) is 0 Å². The third-order valence-corrected chi connectivity index (χ3v) is 2.40. The molecule has 0 saturated carbocycles. The second-order valence-corrected chi connectivity index (χ2v) is 3.03. The minimum absolute atomic E-state index is 0.198. The highest BCUT2D eigenvalue weighted by molar-refractivity contribution is 7.80. The molecule has 1 saturated heterocycles. The molecule has 0 spiro atoms. The van der Waals surface area contributed by atoms with Gasteiger partial charge in [-0.25, -0.2) is 0 Å². The molecule has 1 rings (SSSR count). The predicted molar refractivity (Wildman–Crippen MR) is 45.4 cm³/mol. The summed E-state index contributed by atoms with van der Waals surface area (Å²) in [7, 11) is 0. The van der Waals surface area contributed by atoms with E-state index >= 15 is 0 Å². The molecule has 1 atom stereocenters. The number of nitrogens with one attached hydrogen (secondary N) is 1. The van der Waals surface area contributed by atoms with Gasteiger partial charge >= 0.3 is 0 Å². The summed E-state index contributed by atoms with van der Waals surface area (Å²) < 4.78 is 0. The molecule has 0 aromatic heterocycles. The molecule has 1 aliphatic heterocycles. The van der Waals surface area contributed by atoms with Gasteiger partial charge in [0.1, 0.15) is 0 Å². The SMILES string of the molecule is N=C(N)N1CCC(CS)C1. The van der Waals surface area contributed by atoms with Crippen molar-refractivity contribution in [2.45, 2.75) is 6.42 Å². The van der Waals surface area contributed by atoms with Gasteiger partial charge in [0, 0.05) is 13.1 Å². The molecule has 4 heteroatoms. The first kappa shape index (κ1) is 7.72. The van der Waals surface area contributed by atoms with Crippen LogP contribution in [-0.2, 0) is 0 Å². The second kappa shape index (κ2) is 3.14. The summed E-state index contributed by atoms with van der Waals surface area (Å²) in [5.74, 6) is 1.74. The predicted octanol–water partition coefficient (Wildman–Crippen LogP) is 0.132. The minimum Gasteiger partial charge on any atom is -0.370 e. The van der Waals surface area contributed by atoms with Gasteiger partial charge in [-0.1, -0.05) is 0 Å². The summed E-state index contributed by atoms with van der Waals surface area (Å²) in [6.45, 7) is 1.85. The van der Waals surface area contributed by atoms with E-state index in [4.69, 9.17) is 11.1 Å². The Morgan fingerprint density at radius 2 is 2.50 bits per heavy atom. The van der Waals surface area contributed by atoms with E-state index in [2.05, 4.69) is 12.6 Å². The number of nitrogens with two attached hydrogens (primary N) is 1. The summed E-state index contributed by atoms with van der Waals surface area (Å²) in [4.78, 5) is 1.89. The van der Waals surface area contributed by atoms with Crippen molar-refractivity contribution in [2.75, 3.05) is 18.8 Å². The molecule has 3 nitrogen and oxygen atoms in total. The maximum atomic E-state index is 7.14. The molecule has 0 aliphatic carbocycles. The molecule has 1 unspecified atom stereocenters. The zero-order chi connectivity index (χ0) is 7.56. The molecule has 3 N–H and O–H groups in total. The number of hydrogen-bond acceptors (Lipinski definition) is 2. The molecule has 0 aromatic rings. The molecule has 58 valence electrons. The summed E-state index contributed by atoms with van der Waals surface area (Å²) in [6, 6.07) is 0. The van der Waals surface area contributed by atoms with E-state index < -0.39 is 0 Å². The zero-order valence-electron chi connectivity index (χ0n) is 5.88. The topological polar surface area (TPSA) is 53.1 Å². The normalized spacial score (nSPS) is 25.3. The van der Waals surface area contributed by atoms with Gasteiger partial charge < -0.3 is 10.6 Å². The van der Waals surface area contributed by atoms with Gasteiger partial charge in [0.05, 0.1) is 0 Å². The standard InChI is InChI=1S/C6H13N3S/c7-6(8)9-2-1-5(3-9)4-10/h5,10H,1-4H2,(H3,7,8). The van der Waals surface area contributed by atoms with Crippen molar-refractivity contribution in [3.63, 3.8) is 0 Å². The summed E-state index contributed by atoms with van der Waals surface area (Å²) in [6.07, 6.45) is 1.13. The van der Waals surface area contributed by atoms with Crippen LogP contribution < -0.4 is 5.73 Å². The summed E-state index contributed by atoms with van der Waals surface area (Å²) in [5.41, 5.74) is 5.30. The fourth-order valence-electron chi connectivity index (χ4n) is 1.20. The number of likely N-dealkylation sites (tertiary alicyclic amines) is 1. The van der Waals surface area contributed by atoms with Crippen LogP contribution in [0.25, 0.3) is 0 Å². The number of hydrogen-bond donors (Lipinski definition) is 3. The summed E-state index contributed by atoms with van der Waals surface area (Å²) >= 11 is 4.19. The minimum atomic E-state index is 0.198. The van der Waals surface area contributed by atoms with Crippen molar-refractivity contribution in [1.82, 2.24) is 4.90 Å². The van der Waals surface area contributed by atoms with Crippen molar-refractivity contribution in [2.24, 2.45) is 11.7 Å². The van der Waals surface area contributed by atoms with Crippen molar-refractivity contribution in [1.29, 1.82) is 5.41 Å². The molecule has 1 fully saturated rings. The van der Waals surface area contributed by atoms with Gasteiger partial charge in [0.25, 0.3) is 0 Å². The highest BCUT2D eigenvalue weighted by Gasteiger charge is 2.21. The quantitative estimate of drug-likeness (QED) is 0.289. The Kier molecular flexibility index (Phi) is 2.43. The van der Waals surface area contributed by atoms with Crippen LogP contribution in [-0.4, -0.2) is 29.7 Å². The molecular weight excluding hydrogens is 146 g/mol. The Bertz CT molecular complexity index is 137. The molecule has 1 heterocycles. The van der Waals surface area contributed by atoms with Crippen LogP contribution in [0.5, 0.6) is 0 Å². The fourth-order valence-corrected chi connectivity index (χ4v) is 1.50. The van der Waals surface area contributed by atoms with Crippen LogP contribution in [0.1, 0.15) is 6.42 Å². The molecule has 0 aromatic carbocycles. The lowest BCUT2D eigenvalue weighted by atomic mass is 10.2. The van der Waals surface area contributed by atoms with Crippen LogP contribution in [0.4, 0.5) is 0 Å². The average Bonchev–Trinajstić information content (AvgIpc) is 2.34. The van der Waals surface area contributed by atoms with Crippen LogP contribution >= 0.6 is 12.6 Å². The number of guanidine groups is 1. The van der Waals surface area contributed by atoms with Crippen molar-refractivity contribution < 1.29 is 0 Å². The van der Waals surface area contributed by atoms with E-state index in [9.17, 15) is 0 Å². The highest BCUT2D eigenvalue weighted by Crippen LogP contribution is 2.15. The van der Waals surface area contributed by atoms with Crippen LogP contribution in [0, 0.1) is 11.3 Å². The second-order valence-electron chi connectivity index (χ2n) is 2.67. The molecule has 0 radical (unpaired) electrons. The molecule has 0 bridgehead atoms. The Hall–Kier alpha value is -0.380. The van der Waals surface area contributed by atoms with Gasteiger partial charge in [-0.2, -0.15) is 12.6 Å². The maximum Gasteiger partial charge on any atom is 0.188 e. The van der Waals surface area contributed by atoms with E-state index in [0.717, 1.165) is 25.3 Å². The van der Waals surface area contributed by atoms with Gasteiger partial charge in [0.15, 0.2) is 5.96 Å². The highest BCUT2D eigenvalue weighted by atomic mass is 32.1. The molecule has 0 amide bonds. The third-order valence-electron chi connectivity index (χ3n) is 1.88. The molecule has 10 heavy (non-hydrogen) atoms. The number of nitrogens with zero attached hydrogens (tertiary/aromatic N) is 1. The first-order valence-corrected chi connectivity index (χ1v) is 4.07. The monoisotopic (exact) mass is 159 g/mol. The van der Waals surface area contributed by atoms with Crippen molar-refractivity contribution >= 4 is 18.6 Å². The van der Waals surface area contributed by atoms with E-state index in [1.165, 1.54) is 0 Å². The first-order valence-electron chi connectivity index (χ1n) is 3.44. The largest absolute Gasteiger partial charge is 0.370 e. The summed E-state index contributed by atoms with van der Waals surface area (Å²) in [5, 5.41) is 7.14. The number of thiol groups is 1. The van der Waals surface area contributed by atoms with Gasteiger partial charge in [-0.05, 0) is 18.1 Å². The Morgan fingerprint density at radius 3 is 2.80 bits per heavy atom. The van der Waals surface area contributed by atoms with Crippen molar-refractivity contribution in [3.8, 4) is 0 Å². The lowest BCUT2D eigenvalue weighted by molar-refractivity contribution is 0.488. The van der Waals surface area contributed by atoms with Crippen molar-refractivity contribution in [3.05, 3.63) is 0 Å². The zero-order valence-corrected chi connectivity index (χ0v) is 6.77. The maximum absolute atomic E-state index is 7.14. The van der Waals surface area contributed by atoms with Gasteiger partial charge in [-0.15, -0.1) is 0 Å². The Balaban J connectivity index is 2.35. The lowest BCUT2D eigenvalue weighted by Gasteiger charge is -2.14. The first-order chi connectivity index (χ1) is 4.74. The van der Waals surface area contributed by atoms with E-state index in [0.29, 0.717) is 5.92 Å². The average molecular weight is 159 g/mol. The van der Waals surface area contributed by atoms with Crippen LogP contribution in [0.2, 0.25) is 0 Å². The molecule has 1 aliphatic rings. The smallest absolute Gasteiger partial charge is 0.188 e. The Labute approximate surface area is 66.5 Å². The van der Waals surface area contributed by atoms with E-state index in [-0.39, 0.29) is 5.96 Å². The Morgan fingerprint density at radius 1 is 1.80 bits per heavy atom. The number of rotatable bonds is 1. The molecular formula is C6H13N3S.